The number of aromatic nitrogens is 1. The van der Waals surface area contributed by atoms with Crippen molar-refractivity contribution in [3.8, 4) is 0 Å². The van der Waals surface area contributed by atoms with Gasteiger partial charge in [-0.15, -0.1) is 0 Å². The molecule has 0 unspecified atom stereocenters. The predicted octanol–water partition coefficient (Wildman–Crippen LogP) is 2.93. The van der Waals surface area contributed by atoms with Crippen LogP contribution < -0.4 is 11.0 Å². The standard InChI is InChI=1S/C15H17FN2O3/c1-9-8-10-6-5-7-11(16)12(10)13(19)18(9)17-14(20)21-15(2,3)4/h5-8H,1-4H3,(H,17,20). The van der Waals surface area contributed by atoms with E-state index in [4.69, 9.17) is 4.74 Å². The lowest BCUT2D eigenvalue weighted by Gasteiger charge is -2.21. The Kier molecular flexibility index (Phi) is 3.72. The molecule has 0 spiro atoms. The maximum atomic E-state index is 13.8. The first-order valence-electron chi connectivity index (χ1n) is 6.50. The van der Waals surface area contributed by atoms with Crippen LogP contribution in [0, 0.1) is 12.7 Å². The average molecular weight is 292 g/mol. The number of nitrogens with zero attached hydrogens (tertiary/aromatic N) is 1. The number of ether oxygens (including phenoxy) is 1. The Balaban J connectivity index is 2.48. The fourth-order valence-electron chi connectivity index (χ4n) is 1.98. The molecule has 1 aromatic heterocycles. The minimum absolute atomic E-state index is 0.0702. The highest BCUT2D eigenvalue weighted by Gasteiger charge is 2.18. The molecule has 0 atom stereocenters. The molecule has 0 aliphatic heterocycles. The van der Waals surface area contributed by atoms with E-state index in [9.17, 15) is 14.0 Å². The first-order chi connectivity index (χ1) is 9.69. The summed E-state index contributed by atoms with van der Waals surface area (Å²) >= 11 is 0. The number of aryl methyl sites for hydroxylation is 1. The van der Waals surface area contributed by atoms with Crippen molar-refractivity contribution in [1.82, 2.24) is 4.68 Å². The van der Waals surface area contributed by atoms with Gasteiger partial charge in [-0.3, -0.25) is 4.79 Å². The molecule has 0 bridgehead atoms. The second kappa shape index (κ2) is 5.20. The molecule has 21 heavy (non-hydrogen) atoms. The second-order valence-corrected chi connectivity index (χ2v) is 5.74. The summed E-state index contributed by atoms with van der Waals surface area (Å²) in [6.07, 6.45) is -0.775. The molecule has 112 valence electrons. The Morgan fingerprint density at radius 1 is 1.33 bits per heavy atom. The van der Waals surface area contributed by atoms with Crippen molar-refractivity contribution >= 4 is 16.9 Å². The molecular formula is C15H17FN2O3. The quantitative estimate of drug-likeness (QED) is 0.879. The smallest absolute Gasteiger partial charge is 0.427 e. The molecular weight excluding hydrogens is 275 g/mol. The fourth-order valence-corrected chi connectivity index (χ4v) is 1.98. The lowest BCUT2D eigenvalue weighted by molar-refractivity contribution is 0.0611. The van der Waals surface area contributed by atoms with Crippen LogP contribution in [0.1, 0.15) is 26.5 Å². The lowest BCUT2D eigenvalue weighted by Crippen LogP contribution is -2.38. The Bertz CT molecular complexity index is 760. The number of fused-ring (bicyclic) bond motifs is 1. The van der Waals surface area contributed by atoms with Gasteiger partial charge >= 0.3 is 6.09 Å². The SMILES string of the molecule is Cc1cc2cccc(F)c2c(=O)n1NC(=O)OC(C)(C)C. The zero-order valence-corrected chi connectivity index (χ0v) is 12.4. The monoisotopic (exact) mass is 292 g/mol. The summed E-state index contributed by atoms with van der Waals surface area (Å²) in [5.74, 6) is -0.628. The Morgan fingerprint density at radius 2 is 2.00 bits per heavy atom. The van der Waals surface area contributed by atoms with E-state index in [1.807, 2.05) is 0 Å². The van der Waals surface area contributed by atoms with Crippen molar-refractivity contribution in [2.75, 3.05) is 5.43 Å². The number of halogens is 1. The van der Waals surface area contributed by atoms with E-state index in [0.717, 1.165) is 4.68 Å². The van der Waals surface area contributed by atoms with Crippen LogP contribution in [0.3, 0.4) is 0 Å². The molecule has 0 aliphatic carbocycles. The van der Waals surface area contributed by atoms with Crippen molar-refractivity contribution in [2.45, 2.75) is 33.3 Å². The number of benzene rings is 1. The van der Waals surface area contributed by atoms with E-state index >= 15 is 0 Å². The Hall–Kier alpha value is -2.37. The summed E-state index contributed by atoms with van der Waals surface area (Å²) in [6.45, 7) is 6.77. The maximum Gasteiger partial charge on any atom is 0.427 e. The van der Waals surface area contributed by atoms with Gasteiger partial charge < -0.3 is 4.74 Å². The number of hydrogen-bond acceptors (Lipinski definition) is 3. The van der Waals surface area contributed by atoms with Crippen molar-refractivity contribution < 1.29 is 13.9 Å². The summed E-state index contributed by atoms with van der Waals surface area (Å²) < 4.78 is 19.9. The van der Waals surface area contributed by atoms with Gasteiger partial charge in [0.25, 0.3) is 5.56 Å². The average Bonchev–Trinajstić information content (AvgIpc) is 2.32. The second-order valence-electron chi connectivity index (χ2n) is 5.74. The van der Waals surface area contributed by atoms with E-state index in [0.29, 0.717) is 11.1 Å². The number of carbonyl (C=O) groups excluding carboxylic acids is 1. The first-order valence-corrected chi connectivity index (χ1v) is 6.50. The highest BCUT2D eigenvalue weighted by atomic mass is 19.1. The van der Waals surface area contributed by atoms with Gasteiger partial charge in [0.1, 0.15) is 11.4 Å². The number of carbonyl (C=O) groups is 1. The molecule has 2 rings (SSSR count). The fraction of sp³-hybridized carbons (Fsp3) is 0.333. The first kappa shape index (κ1) is 15.0. The van der Waals surface area contributed by atoms with Gasteiger partial charge in [-0.1, -0.05) is 12.1 Å². The van der Waals surface area contributed by atoms with Crippen LogP contribution in [0.25, 0.3) is 10.8 Å². The lowest BCUT2D eigenvalue weighted by atomic mass is 10.1. The number of hydrogen-bond donors (Lipinski definition) is 1. The molecule has 5 nitrogen and oxygen atoms in total. The van der Waals surface area contributed by atoms with Crippen LogP contribution in [-0.2, 0) is 4.74 Å². The minimum Gasteiger partial charge on any atom is -0.443 e. The highest BCUT2D eigenvalue weighted by Crippen LogP contribution is 2.15. The van der Waals surface area contributed by atoms with Crippen LogP contribution in [-0.4, -0.2) is 16.4 Å². The summed E-state index contributed by atoms with van der Waals surface area (Å²) in [6, 6.07) is 6.00. The molecule has 0 fully saturated rings. The third-order valence-corrected chi connectivity index (χ3v) is 2.78. The van der Waals surface area contributed by atoms with Crippen molar-refractivity contribution in [2.24, 2.45) is 0 Å². The third kappa shape index (κ3) is 3.21. The molecule has 0 aliphatic rings. The van der Waals surface area contributed by atoms with Gasteiger partial charge in [-0.05, 0) is 45.2 Å². The van der Waals surface area contributed by atoms with E-state index < -0.39 is 23.1 Å². The third-order valence-electron chi connectivity index (χ3n) is 2.78. The largest absolute Gasteiger partial charge is 0.443 e. The number of amides is 1. The zero-order chi connectivity index (χ0) is 15.8. The number of pyridine rings is 1. The van der Waals surface area contributed by atoms with Crippen molar-refractivity contribution in [1.29, 1.82) is 0 Å². The van der Waals surface area contributed by atoms with Crippen LogP contribution in [0.4, 0.5) is 9.18 Å². The molecule has 2 aromatic rings. The molecule has 1 N–H and O–H groups in total. The van der Waals surface area contributed by atoms with Gasteiger partial charge in [0.2, 0.25) is 0 Å². The highest BCUT2D eigenvalue weighted by molar-refractivity contribution is 5.83. The number of nitrogens with one attached hydrogen (secondary N) is 1. The molecule has 1 amide bonds. The molecule has 1 heterocycles. The van der Waals surface area contributed by atoms with Gasteiger partial charge in [-0.25, -0.2) is 19.3 Å². The molecule has 0 saturated carbocycles. The summed E-state index contributed by atoms with van der Waals surface area (Å²) in [7, 11) is 0. The van der Waals surface area contributed by atoms with Gasteiger partial charge in [0.15, 0.2) is 0 Å². The van der Waals surface area contributed by atoms with E-state index in [2.05, 4.69) is 5.43 Å². The Morgan fingerprint density at radius 3 is 2.62 bits per heavy atom. The summed E-state index contributed by atoms with van der Waals surface area (Å²) in [5, 5.41) is 0.416. The van der Waals surface area contributed by atoms with Gasteiger partial charge in [0, 0.05) is 5.69 Å². The van der Waals surface area contributed by atoms with Crippen molar-refractivity contribution in [3.05, 3.63) is 46.1 Å². The summed E-state index contributed by atoms with van der Waals surface area (Å²) in [5.41, 5.74) is 1.49. The summed E-state index contributed by atoms with van der Waals surface area (Å²) in [4.78, 5) is 24.1. The van der Waals surface area contributed by atoms with Crippen LogP contribution in [0.2, 0.25) is 0 Å². The van der Waals surface area contributed by atoms with Gasteiger partial charge in [-0.2, -0.15) is 0 Å². The zero-order valence-electron chi connectivity index (χ0n) is 12.4. The molecule has 0 saturated heterocycles. The normalized spacial score (nSPS) is 11.5. The van der Waals surface area contributed by atoms with E-state index in [1.165, 1.54) is 12.1 Å². The van der Waals surface area contributed by atoms with Crippen LogP contribution >= 0.6 is 0 Å². The van der Waals surface area contributed by atoms with Crippen LogP contribution in [0.5, 0.6) is 0 Å². The molecule has 1 aromatic carbocycles. The number of rotatable bonds is 1. The maximum absolute atomic E-state index is 13.8. The molecule has 0 radical (unpaired) electrons. The topological polar surface area (TPSA) is 60.3 Å². The van der Waals surface area contributed by atoms with E-state index in [1.54, 1.807) is 39.8 Å². The van der Waals surface area contributed by atoms with Crippen molar-refractivity contribution in [3.63, 3.8) is 0 Å². The Labute approximate surface area is 121 Å². The predicted molar refractivity (Wildman–Crippen MR) is 78.5 cm³/mol. The van der Waals surface area contributed by atoms with Crippen LogP contribution in [0.15, 0.2) is 29.1 Å². The molecule has 6 heteroatoms. The van der Waals surface area contributed by atoms with E-state index in [-0.39, 0.29) is 5.39 Å². The minimum atomic E-state index is -0.775. The van der Waals surface area contributed by atoms with Gasteiger partial charge in [0.05, 0.1) is 5.39 Å².